The monoisotopic (exact) mass is 1280 g/mol. The van der Waals surface area contributed by atoms with Crippen LogP contribution in [-0.4, -0.2) is 105 Å². The molecular formula is C48H112O16Si12. The van der Waals surface area contributed by atoms with Crippen LogP contribution in [0.5, 0.6) is 0 Å². The van der Waals surface area contributed by atoms with Crippen molar-refractivity contribution in [1.29, 1.82) is 0 Å². The summed E-state index contributed by atoms with van der Waals surface area (Å²) in [6.07, 6.45) is 0. The Balaban J connectivity index is 2.10. The minimum absolute atomic E-state index is 0.0259. The number of fused-ring (bicyclic) bond motifs is 8. The number of hydrogen-bond acceptors (Lipinski definition) is 16. The van der Waals surface area contributed by atoms with Crippen LogP contribution in [0.3, 0.4) is 0 Å². The van der Waals surface area contributed by atoms with E-state index >= 15 is 0 Å². The SMILES string of the molecule is CC(C)[Si]12O[Si](C(C)C)(O[Si]3(C(C)C)O[Si](C(C)C)(O1)O[Si]1(C(C)C)O[Si](C(C)C)(O3)O[Si](C(C)C)(C(C)C)O[Si](C(C)C)(C(C)C)O1)O[Si]1(C(C)C)O[Si](C(C)C)(O2)O[Si](C(C)C)(C(C)C)O[Si](C(C)C)(C(C)C)O1. The molecule has 0 radical (unpaired) electrons. The molecule has 16 nitrogen and oxygen atoms in total. The normalized spacial score (nSPS) is 37.3. The zero-order valence-corrected chi connectivity index (χ0v) is 65.8. The molecule has 28 heteroatoms. The summed E-state index contributed by atoms with van der Waals surface area (Å²) < 4.78 is 132. The van der Waals surface area contributed by atoms with E-state index in [1.165, 1.54) is 0 Å². The van der Waals surface area contributed by atoms with Crippen LogP contribution in [0, 0.1) is 0 Å². The van der Waals surface area contributed by atoms with Crippen molar-refractivity contribution in [3.05, 3.63) is 0 Å². The molecule has 5 fully saturated rings. The Labute approximate surface area is 477 Å². The number of rotatable bonds is 16. The van der Waals surface area contributed by atoms with Crippen LogP contribution >= 0.6 is 0 Å². The highest BCUT2D eigenvalue weighted by Crippen LogP contribution is 2.61. The second-order valence-corrected chi connectivity index (χ2v) is 74.8. The van der Waals surface area contributed by atoms with E-state index in [4.69, 9.17) is 65.8 Å². The first-order valence-electron chi connectivity index (χ1n) is 29.6. The molecule has 0 N–H and O–H groups in total. The molecular weight excluding hydrogens is 1170 g/mol. The van der Waals surface area contributed by atoms with Crippen LogP contribution in [0.2, 0.25) is 88.7 Å². The molecule has 4 unspecified atom stereocenters. The van der Waals surface area contributed by atoms with E-state index in [0.29, 0.717) is 0 Å². The maximum atomic E-state index is 8.31. The molecule has 0 amide bonds. The topological polar surface area (TPSA) is 148 Å². The van der Waals surface area contributed by atoms with Gasteiger partial charge in [0.25, 0.3) is 0 Å². The average molecular weight is 1280 g/mol. The van der Waals surface area contributed by atoms with E-state index in [9.17, 15) is 0 Å². The summed E-state index contributed by atoms with van der Waals surface area (Å²) in [5.41, 5.74) is -3.26. The zero-order valence-electron chi connectivity index (χ0n) is 53.8. The molecule has 448 valence electrons. The van der Waals surface area contributed by atoms with Gasteiger partial charge in [0.2, 0.25) is 0 Å². The minimum Gasteiger partial charge on any atom is -0.415 e. The lowest BCUT2D eigenvalue weighted by Crippen LogP contribution is -2.87. The van der Waals surface area contributed by atoms with E-state index in [1.807, 2.05) is 0 Å². The molecule has 0 aromatic heterocycles. The Morgan fingerprint density at radius 2 is 0.211 bits per heavy atom. The second kappa shape index (κ2) is 23.3. The second-order valence-electron chi connectivity index (χ2n) is 27.8. The molecule has 0 saturated carbocycles. The lowest BCUT2D eigenvalue weighted by molar-refractivity contribution is -0.00819. The molecule has 76 heavy (non-hydrogen) atoms. The predicted octanol–water partition coefficient (Wildman–Crippen LogP) is 16.2. The molecule has 0 spiro atoms. The molecule has 5 saturated heterocycles. The highest BCUT2D eigenvalue weighted by Gasteiger charge is 2.84. The van der Waals surface area contributed by atoms with Crippen LogP contribution in [0.25, 0.3) is 0 Å². The highest BCUT2D eigenvalue weighted by atomic mass is 28.6. The Morgan fingerprint density at radius 1 is 0.118 bits per heavy atom. The van der Waals surface area contributed by atoms with Crippen LogP contribution in [0.1, 0.15) is 222 Å². The molecule has 0 aromatic rings. The van der Waals surface area contributed by atoms with Gasteiger partial charge in [-0.1, -0.05) is 222 Å². The van der Waals surface area contributed by atoms with Gasteiger partial charge in [-0.15, -0.1) is 0 Å². The predicted molar refractivity (Wildman–Crippen MR) is 328 cm³/mol. The van der Waals surface area contributed by atoms with Gasteiger partial charge in [-0.2, -0.15) is 0 Å². The minimum atomic E-state index is -4.44. The van der Waals surface area contributed by atoms with Gasteiger partial charge in [-0.3, -0.25) is 0 Å². The Kier molecular flexibility index (Phi) is 21.1. The van der Waals surface area contributed by atoms with Crippen molar-refractivity contribution >= 4 is 105 Å². The van der Waals surface area contributed by atoms with Gasteiger partial charge in [0.1, 0.15) is 0 Å². The van der Waals surface area contributed by atoms with E-state index in [0.717, 1.165) is 0 Å². The summed E-state index contributed by atoms with van der Waals surface area (Å²) in [7, 11) is -48.4. The van der Waals surface area contributed by atoms with E-state index in [2.05, 4.69) is 222 Å². The van der Waals surface area contributed by atoms with Gasteiger partial charge in [0, 0.05) is 44.3 Å². The van der Waals surface area contributed by atoms with Crippen LogP contribution < -0.4 is 0 Å². The van der Waals surface area contributed by atoms with Crippen LogP contribution in [0.4, 0.5) is 0 Å². The van der Waals surface area contributed by atoms with Gasteiger partial charge < -0.3 is 65.8 Å². The third-order valence-electron chi connectivity index (χ3n) is 16.8. The fourth-order valence-corrected chi connectivity index (χ4v) is 96.5. The summed E-state index contributed by atoms with van der Waals surface area (Å²) >= 11 is 0. The third kappa shape index (κ3) is 11.3. The highest BCUT2D eigenvalue weighted by molar-refractivity contribution is 7.04. The van der Waals surface area contributed by atoms with Gasteiger partial charge in [0.05, 0.1) is 0 Å². The Morgan fingerprint density at radius 3 is 0.289 bits per heavy atom. The first-order valence-corrected chi connectivity index (χ1v) is 51.9. The molecule has 5 rings (SSSR count). The van der Waals surface area contributed by atoms with Crippen molar-refractivity contribution < 1.29 is 65.8 Å². The van der Waals surface area contributed by atoms with Crippen molar-refractivity contribution in [2.24, 2.45) is 0 Å². The summed E-state index contributed by atoms with van der Waals surface area (Å²) in [4.78, 5) is 0. The average Bonchev–Trinajstić information content (AvgIpc) is 3.22. The summed E-state index contributed by atoms with van der Waals surface area (Å²) in [5, 5.41) is 0. The Hall–Kier alpha value is 1.96. The van der Waals surface area contributed by atoms with Crippen molar-refractivity contribution in [3.63, 3.8) is 0 Å². The van der Waals surface area contributed by atoms with Gasteiger partial charge in [-0.05, 0) is 44.3 Å². The zero-order chi connectivity index (χ0) is 58.6. The number of hydrogen-bond donors (Lipinski definition) is 0. The van der Waals surface area contributed by atoms with Gasteiger partial charge in [0.15, 0.2) is 0 Å². The maximum absolute atomic E-state index is 8.31. The molecule has 5 aliphatic heterocycles. The first-order chi connectivity index (χ1) is 34.4. The van der Waals surface area contributed by atoms with Gasteiger partial charge >= 0.3 is 105 Å². The summed E-state index contributed by atoms with van der Waals surface area (Å²) in [6, 6.07) is 0. The fourth-order valence-electron chi connectivity index (χ4n) is 11.3. The summed E-state index contributed by atoms with van der Waals surface area (Å²) in [5.74, 6) is 0. The lowest BCUT2D eigenvalue weighted by Gasteiger charge is -2.64. The lowest BCUT2D eigenvalue weighted by atomic mass is 10.5. The first kappa shape index (κ1) is 68.7. The molecule has 5 aliphatic rings. The molecule has 0 aliphatic carbocycles. The molecule has 4 atom stereocenters. The van der Waals surface area contributed by atoms with Crippen molar-refractivity contribution in [1.82, 2.24) is 0 Å². The largest absolute Gasteiger partial charge is 0.481 e. The fraction of sp³-hybridized carbons (Fsp3) is 1.00. The molecule has 5 heterocycles. The standard InChI is InChI=1S/C48H112O16Si12/c1-33(2)65(34(3)4)49-66(35(5)6,36(7)8)52-70(42(19)20)55-69(51-65,41(17)18)57-73(45(25)26)61-74(58-70,46(27)28)64-76(48(31)32)60-72(44(23)24)54-68(39(13)14,40(15)16)50-67(37(9)10,38(11)12)53-71(56-72,43(21)22)59-75(62-76,63-73)47(29)30/h33-48H,1-32H3. The van der Waals surface area contributed by atoms with Crippen molar-refractivity contribution in [3.8, 4) is 0 Å². The quantitative estimate of drug-likeness (QED) is 0.135. The van der Waals surface area contributed by atoms with Crippen molar-refractivity contribution in [2.75, 3.05) is 0 Å². The van der Waals surface area contributed by atoms with Crippen LogP contribution in [0.15, 0.2) is 0 Å². The van der Waals surface area contributed by atoms with E-state index in [1.54, 1.807) is 0 Å². The summed E-state index contributed by atoms with van der Waals surface area (Å²) in [6.45, 7) is 69.5. The van der Waals surface area contributed by atoms with E-state index in [-0.39, 0.29) is 66.5 Å². The van der Waals surface area contributed by atoms with Gasteiger partial charge in [-0.25, -0.2) is 0 Å². The Bertz CT molecular complexity index is 1690. The van der Waals surface area contributed by atoms with Crippen molar-refractivity contribution in [2.45, 2.75) is 310 Å². The third-order valence-corrected chi connectivity index (χ3v) is 78.5. The maximum Gasteiger partial charge on any atom is 0.481 e. The van der Waals surface area contributed by atoms with Crippen LogP contribution in [-0.2, 0) is 65.8 Å². The molecule has 8 bridgehead atoms. The molecule has 0 aromatic carbocycles. The smallest absolute Gasteiger partial charge is 0.415 e. The van der Waals surface area contributed by atoms with E-state index < -0.39 is 127 Å².